The lowest BCUT2D eigenvalue weighted by atomic mass is 9.80. The first-order valence-corrected chi connectivity index (χ1v) is 10.7. The Balaban J connectivity index is 1.57. The van der Waals surface area contributed by atoms with E-state index in [0.29, 0.717) is 18.1 Å². The van der Waals surface area contributed by atoms with Gasteiger partial charge in [-0.25, -0.2) is 0 Å². The molecule has 1 amide bonds. The number of hydrogen-bond donors (Lipinski definition) is 1. The van der Waals surface area contributed by atoms with Gasteiger partial charge in [-0.2, -0.15) is 0 Å². The highest BCUT2D eigenvalue weighted by molar-refractivity contribution is 6.07. The van der Waals surface area contributed by atoms with Crippen molar-refractivity contribution in [3.8, 4) is 5.75 Å². The number of nitrogens with one attached hydrogen (secondary N) is 1. The van der Waals surface area contributed by atoms with Gasteiger partial charge in [0, 0.05) is 11.3 Å². The fourth-order valence-corrected chi connectivity index (χ4v) is 4.49. The van der Waals surface area contributed by atoms with E-state index in [9.17, 15) is 4.79 Å². The van der Waals surface area contributed by atoms with Gasteiger partial charge in [-0.1, -0.05) is 50.8 Å². The minimum atomic E-state index is -0.0864. The fraction of sp³-hybridized carbons (Fsp3) is 0.385. The summed E-state index contributed by atoms with van der Waals surface area (Å²) >= 11 is 0. The number of hydrogen-bond acceptors (Lipinski definition) is 2. The Morgan fingerprint density at radius 1 is 1.03 bits per heavy atom. The normalized spacial score (nSPS) is 16.8. The second-order valence-corrected chi connectivity index (χ2v) is 8.59. The van der Waals surface area contributed by atoms with Gasteiger partial charge in [0.15, 0.2) is 0 Å². The van der Waals surface area contributed by atoms with Gasteiger partial charge in [-0.15, -0.1) is 0 Å². The van der Waals surface area contributed by atoms with Crippen LogP contribution in [0, 0.1) is 12.8 Å². The number of benzene rings is 2. The smallest absolute Gasteiger partial charge is 0.255 e. The molecule has 0 unspecified atom stereocenters. The molecule has 0 atom stereocenters. The molecular formula is C26H30NO2. The Morgan fingerprint density at radius 2 is 1.83 bits per heavy atom. The maximum absolute atomic E-state index is 12.9. The Hall–Kier alpha value is -2.55. The van der Waals surface area contributed by atoms with E-state index in [0.717, 1.165) is 22.6 Å². The molecule has 4 rings (SSSR count). The number of amides is 1. The monoisotopic (exact) mass is 388 g/mol. The van der Waals surface area contributed by atoms with E-state index >= 15 is 0 Å². The third-order valence-corrected chi connectivity index (χ3v) is 6.06. The summed E-state index contributed by atoms with van der Waals surface area (Å²) in [6, 6.07) is 12.4. The van der Waals surface area contributed by atoms with E-state index in [1.807, 2.05) is 31.2 Å². The number of carbonyl (C=O) groups excluding carboxylic acids is 1. The number of fused-ring (bicyclic) bond motifs is 1. The van der Waals surface area contributed by atoms with Gasteiger partial charge >= 0.3 is 0 Å². The highest BCUT2D eigenvalue weighted by Gasteiger charge is 2.22. The summed E-state index contributed by atoms with van der Waals surface area (Å²) in [5.74, 6) is 2.68. The fourth-order valence-electron chi connectivity index (χ4n) is 4.49. The van der Waals surface area contributed by atoms with Crippen molar-refractivity contribution in [2.45, 2.75) is 58.8 Å². The minimum absolute atomic E-state index is 0.0864. The summed E-state index contributed by atoms with van der Waals surface area (Å²) in [6.07, 6.45) is 8.37. The van der Waals surface area contributed by atoms with Crippen molar-refractivity contribution in [1.82, 2.24) is 0 Å². The number of ether oxygens (including phenoxy) is 1. The van der Waals surface area contributed by atoms with E-state index in [2.05, 4.69) is 37.4 Å². The SMILES string of the molecule is C[C](C)c1ccc(NC(=O)C2=Cc3cc(C)ccc3OC2)cc1C1CCCCC1. The molecule has 0 aromatic heterocycles. The topological polar surface area (TPSA) is 38.3 Å². The number of anilines is 1. The molecule has 2 aromatic rings. The Labute approximate surface area is 174 Å². The zero-order valence-electron chi connectivity index (χ0n) is 17.7. The van der Waals surface area contributed by atoms with Crippen LogP contribution < -0.4 is 10.1 Å². The molecule has 151 valence electrons. The summed E-state index contributed by atoms with van der Waals surface area (Å²) < 4.78 is 5.79. The first kappa shape index (κ1) is 19.8. The molecule has 2 aliphatic rings. The maximum atomic E-state index is 12.9. The van der Waals surface area contributed by atoms with Crippen LogP contribution >= 0.6 is 0 Å². The van der Waals surface area contributed by atoms with Gasteiger partial charge in [0.05, 0.1) is 5.57 Å². The summed E-state index contributed by atoms with van der Waals surface area (Å²) in [5.41, 5.74) is 6.37. The van der Waals surface area contributed by atoms with Crippen LogP contribution in [0.15, 0.2) is 42.0 Å². The molecule has 0 spiro atoms. The van der Waals surface area contributed by atoms with Gasteiger partial charge in [0.1, 0.15) is 12.4 Å². The van der Waals surface area contributed by atoms with Crippen molar-refractivity contribution in [2.75, 3.05) is 11.9 Å². The number of aryl methyl sites for hydroxylation is 1. The maximum Gasteiger partial charge on any atom is 0.255 e. The molecule has 3 heteroatoms. The molecule has 1 heterocycles. The highest BCUT2D eigenvalue weighted by atomic mass is 16.5. The molecule has 2 aromatic carbocycles. The van der Waals surface area contributed by atoms with Gasteiger partial charge in [0.25, 0.3) is 5.91 Å². The van der Waals surface area contributed by atoms with Crippen molar-refractivity contribution in [3.63, 3.8) is 0 Å². The Bertz CT molecular complexity index is 936. The second kappa shape index (κ2) is 8.44. The molecular weight excluding hydrogens is 358 g/mol. The average Bonchev–Trinajstić information content (AvgIpc) is 2.73. The Morgan fingerprint density at radius 3 is 2.59 bits per heavy atom. The Kier molecular flexibility index (Phi) is 5.75. The van der Waals surface area contributed by atoms with Crippen LogP contribution in [0.25, 0.3) is 6.08 Å². The minimum Gasteiger partial charge on any atom is -0.488 e. The lowest BCUT2D eigenvalue weighted by Gasteiger charge is -2.26. The van der Waals surface area contributed by atoms with Gasteiger partial charge in [0.2, 0.25) is 0 Å². The second-order valence-electron chi connectivity index (χ2n) is 8.59. The lowest BCUT2D eigenvalue weighted by Crippen LogP contribution is -2.21. The molecule has 1 N–H and O–H groups in total. The lowest BCUT2D eigenvalue weighted by molar-refractivity contribution is -0.113. The molecule has 0 bridgehead atoms. The summed E-state index contributed by atoms with van der Waals surface area (Å²) in [4.78, 5) is 12.9. The van der Waals surface area contributed by atoms with E-state index in [4.69, 9.17) is 4.74 Å². The van der Waals surface area contributed by atoms with E-state index in [1.54, 1.807) is 0 Å². The van der Waals surface area contributed by atoms with E-state index < -0.39 is 0 Å². The third-order valence-electron chi connectivity index (χ3n) is 6.06. The molecule has 1 aliphatic heterocycles. The number of rotatable bonds is 4. The van der Waals surface area contributed by atoms with Crippen LogP contribution in [0.5, 0.6) is 5.75 Å². The molecule has 0 saturated heterocycles. The molecule has 1 radical (unpaired) electrons. The van der Waals surface area contributed by atoms with Crippen LogP contribution in [0.3, 0.4) is 0 Å². The van der Waals surface area contributed by atoms with Crippen LogP contribution in [0.4, 0.5) is 5.69 Å². The molecule has 1 fully saturated rings. The van der Waals surface area contributed by atoms with E-state index in [1.165, 1.54) is 49.1 Å². The van der Waals surface area contributed by atoms with Crippen molar-refractivity contribution < 1.29 is 9.53 Å². The predicted molar refractivity (Wildman–Crippen MR) is 119 cm³/mol. The van der Waals surface area contributed by atoms with E-state index in [-0.39, 0.29) is 5.91 Å². The molecule has 1 saturated carbocycles. The first-order valence-electron chi connectivity index (χ1n) is 10.7. The van der Waals surface area contributed by atoms with Crippen molar-refractivity contribution in [2.24, 2.45) is 0 Å². The summed E-state index contributed by atoms with van der Waals surface area (Å²) in [7, 11) is 0. The number of carbonyl (C=O) groups is 1. The van der Waals surface area contributed by atoms with Crippen LogP contribution in [0.1, 0.15) is 74.1 Å². The van der Waals surface area contributed by atoms with Crippen molar-refractivity contribution >= 4 is 17.7 Å². The zero-order chi connectivity index (χ0) is 20.4. The van der Waals surface area contributed by atoms with Crippen LogP contribution in [-0.2, 0) is 4.79 Å². The molecule has 3 nitrogen and oxygen atoms in total. The third kappa shape index (κ3) is 4.39. The molecule has 29 heavy (non-hydrogen) atoms. The van der Waals surface area contributed by atoms with Crippen molar-refractivity contribution in [3.05, 3.63) is 70.1 Å². The zero-order valence-corrected chi connectivity index (χ0v) is 17.7. The largest absolute Gasteiger partial charge is 0.488 e. The van der Waals surface area contributed by atoms with Gasteiger partial charge < -0.3 is 10.1 Å². The average molecular weight is 389 g/mol. The summed E-state index contributed by atoms with van der Waals surface area (Å²) in [6.45, 7) is 6.69. The quantitative estimate of drug-likeness (QED) is 0.656. The molecule has 1 aliphatic carbocycles. The van der Waals surface area contributed by atoms with Crippen LogP contribution in [0.2, 0.25) is 0 Å². The van der Waals surface area contributed by atoms with Gasteiger partial charge in [-0.05, 0) is 73.1 Å². The first-order chi connectivity index (χ1) is 14.0. The van der Waals surface area contributed by atoms with Crippen LogP contribution in [-0.4, -0.2) is 12.5 Å². The summed E-state index contributed by atoms with van der Waals surface area (Å²) in [5, 5.41) is 3.11. The van der Waals surface area contributed by atoms with Crippen molar-refractivity contribution in [1.29, 1.82) is 0 Å². The highest BCUT2D eigenvalue weighted by Crippen LogP contribution is 2.38. The predicted octanol–water partition coefficient (Wildman–Crippen LogP) is 6.42. The standard InChI is InChI=1S/C26H30NO2/c1-17(2)23-11-10-22(15-24(23)19-7-5-4-6-8-19)27-26(28)21-14-20-13-18(3)9-12-25(20)29-16-21/h9-15,19H,4-8,16H2,1-3H3,(H,27,28). The van der Waals surface area contributed by atoms with Gasteiger partial charge in [-0.3, -0.25) is 4.79 Å².